The number of hydrogen-bond donors (Lipinski definition) is 1. The quantitative estimate of drug-likeness (QED) is 0.457. The molecule has 5 rings (SSSR count). The van der Waals surface area contributed by atoms with Crippen LogP contribution in [0.25, 0.3) is 0 Å². The molecule has 5 aliphatic rings. The van der Waals surface area contributed by atoms with Crippen LogP contribution in [0.2, 0.25) is 0 Å². The number of rotatable bonds is 1. The highest BCUT2D eigenvalue weighted by Crippen LogP contribution is 2.76. The molecule has 4 heteroatoms. The van der Waals surface area contributed by atoms with Crippen molar-refractivity contribution in [2.24, 2.45) is 11.3 Å². The van der Waals surface area contributed by atoms with Gasteiger partial charge in [0.15, 0.2) is 5.76 Å². The second-order valence-electron chi connectivity index (χ2n) is 7.74. The lowest BCUT2D eigenvalue weighted by Gasteiger charge is -2.44. The molecule has 118 valence electrons. The van der Waals surface area contributed by atoms with Gasteiger partial charge in [-0.15, -0.1) is 0 Å². The molecule has 3 aliphatic carbocycles. The van der Waals surface area contributed by atoms with Crippen molar-refractivity contribution in [3.05, 3.63) is 34.8 Å². The lowest BCUT2D eigenvalue weighted by atomic mass is 9.60. The van der Waals surface area contributed by atoms with Crippen molar-refractivity contribution in [1.29, 1.82) is 0 Å². The Kier molecular flexibility index (Phi) is 2.17. The lowest BCUT2D eigenvalue weighted by Crippen LogP contribution is -2.50. The number of aliphatic hydroxyl groups excluding tert-OH is 1. The summed E-state index contributed by atoms with van der Waals surface area (Å²) < 4.78 is 11.8. The van der Waals surface area contributed by atoms with Gasteiger partial charge >= 0.3 is 0 Å². The zero-order valence-electron chi connectivity index (χ0n) is 13.6. The van der Waals surface area contributed by atoms with Crippen LogP contribution in [0.4, 0.5) is 0 Å². The number of piperidine rings is 1. The van der Waals surface area contributed by atoms with E-state index in [2.05, 4.69) is 24.9 Å². The van der Waals surface area contributed by atoms with Crippen LogP contribution in [0, 0.1) is 11.3 Å². The molecule has 0 aromatic rings. The van der Waals surface area contributed by atoms with E-state index in [1.807, 2.05) is 13.0 Å². The summed E-state index contributed by atoms with van der Waals surface area (Å²) in [4.78, 5) is 2.53. The van der Waals surface area contributed by atoms with Crippen molar-refractivity contribution >= 4 is 0 Å². The van der Waals surface area contributed by atoms with E-state index in [1.165, 1.54) is 11.1 Å². The maximum Gasteiger partial charge on any atom is 0.161 e. The summed E-state index contributed by atoms with van der Waals surface area (Å²) in [5, 5.41) is 10.6. The molecule has 2 spiro atoms. The number of allylic oxidation sites excluding steroid dienone is 2. The van der Waals surface area contributed by atoms with Gasteiger partial charge in [-0.3, -0.25) is 4.90 Å². The van der Waals surface area contributed by atoms with Crippen LogP contribution >= 0.6 is 0 Å². The van der Waals surface area contributed by atoms with E-state index >= 15 is 0 Å². The van der Waals surface area contributed by atoms with Gasteiger partial charge in [-0.05, 0) is 33.7 Å². The highest BCUT2D eigenvalue weighted by molar-refractivity contribution is 5.56. The monoisotopic (exact) mass is 301 g/mol. The molecule has 2 aliphatic heterocycles. The Hall–Kier alpha value is -1.26. The van der Waals surface area contributed by atoms with E-state index in [0.29, 0.717) is 17.5 Å². The highest BCUT2D eigenvalue weighted by atomic mass is 16.5. The minimum atomic E-state index is -0.529. The Morgan fingerprint density at radius 2 is 2.23 bits per heavy atom. The van der Waals surface area contributed by atoms with Gasteiger partial charge in [-0.2, -0.15) is 0 Å². The fourth-order valence-corrected chi connectivity index (χ4v) is 6.22. The summed E-state index contributed by atoms with van der Waals surface area (Å²) >= 11 is 0. The Labute approximate surface area is 131 Å². The van der Waals surface area contributed by atoms with E-state index in [-0.39, 0.29) is 11.5 Å². The Morgan fingerprint density at radius 3 is 2.95 bits per heavy atom. The number of fused-ring (bicyclic) bond motifs is 1. The minimum Gasteiger partial charge on any atom is -0.498 e. The van der Waals surface area contributed by atoms with Crippen LogP contribution in [-0.2, 0) is 9.47 Å². The summed E-state index contributed by atoms with van der Waals surface area (Å²) in [5.74, 6) is 2.16. The molecule has 2 bridgehead atoms. The molecule has 0 aromatic carbocycles. The summed E-state index contributed by atoms with van der Waals surface area (Å²) in [5.41, 5.74) is 2.99. The minimum absolute atomic E-state index is 0.0528. The van der Waals surface area contributed by atoms with Gasteiger partial charge in [0.1, 0.15) is 18.0 Å². The van der Waals surface area contributed by atoms with Crippen LogP contribution < -0.4 is 0 Å². The molecule has 1 saturated carbocycles. The van der Waals surface area contributed by atoms with Crippen LogP contribution in [-0.4, -0.2) is 48.0 Å². The van der Waals surface area contributed by atoms with Crippen molar-refractivity contribution in [3.63, 3.8) is 0 Å². The van der Waals surface area contributed by atoms with Gasteiger partial charge in [0, 0.05) is 28.5 Å². The van der Waals surface area contributed by atoms with Crippen molar-refractivity contribution in [2.75, 3.05) is 14.2 Å². The average Bonchev–Trinajstić information content (AvgIpc) is 2.85. The summed E-state index contributed by atoms with van der Waals surface area (Å²) in [6.07, 6.45) is 5.72. The molecule has 7 atom stereocenters. The first kappa shape index (κ1) is 13.2. The summed E-state index contributed by atoms with van der Waals surface area (Å²) in [7, 11) is 3.94. The predicted molar refractivity (Wildman–Crippen MR) is 81.9 cm³/mol. The van der Waals surface area contributed by atoms with E-state index in [4.69, 9.17) is 9.47 Å². The third-order valence-electron chi connectivity index (χ3n) is 7.03. The summed E-state index contributed by atoms with van der Waals surface area (Å²) in [6.45, 7) is 4.20. The second kappa shape index (κ2) is 3.62. The Bertz CT molecular complexity index is 678. The third-order valence-corrected chi connectivity index (χ3v) is 7.03. The smallest absolute Gasteiger partial charge is 0.161 e. The number of likely N-dealkylation sites (N-methyl/N-ethyl adjacent to an activating group) is 1. The molecule has 0 radical (unpaired) electrons. The van der Waals surface area contributed by atoms with Crippen LogP contribution in [0.3, 0.4) is 0 Å². The van der Waals surface area contributed by atoms with Crippen molar-refractivity contribution in [3.8, 4) is 0 Å². The first-order valence-corrected chi connectivity index (χ1v) is 8.19. The van der Waals surface area contributed by atoms with Gasteiger partial charge in [-0.25, -0.2) is 0 Å². The topological polar surface area (TPSA) is 41.7 Å². The molecule has 7 unspecified atom stereocenters. The number of hydrogen-bond acceptors (Lipinski definition) is 4. The fraction of sp³-hybridized carbons (Fsp3) is 0.667. The average molecular weight is 301 g/mol. The number of ether oxygens (including phenoxy) is 2. The van der Waals surface area contributed by atoms with Crippen LogP contribution in [0.1, 0.15) is 26.7 Å². The molecule has 4 nitrogen and oxygen atoms in total. The molecule has 0 amide bonds. The zero-order chi connectivity index (χ0) is 15.4. The molecule has 2 heterocycles. The van der Waals surface area contributed by atoms with Gasteiger partial charge < -0.3 is 14.6 Å². The Balaban J connectivity index is 1.79. The molecule has 1 N–H and O–H groups in total. The van der Waals surface area contributed by atoms with Gasteiger partial charge in [0.2, 0.25) is 0 Å². The molecule has 0 aromatic heterocycles. The number of nitrogens with zero attached hydrogens (tertiary/aromatic N) is 1. The second-order valence-corrected chi connectivity index (χ2v) is 7.74. The standard InChI is InChI=1S/C18H23NO3/c1-9-7-17-8-18-11(15(17)19(17)3)5-6-12(20)16(18)22-14(13(9)18)10(2)21-4/h5-6,11-12,15-16,20H,7-8H2,1-4H3. The largest absolute Gasteiger partial charge is 0.498 e. The normalized spacial score (nSPS) is 55.6. The Morgan fingerprint density at radius 1 is 1.45 bits per heavy atom. The molecule has 22 heavy (non-hydrogen) atoms. The number of methoxy groups -OCH3 is 1. The van der Waals surface area contributed by atoms with Crippen LogP contribution in [0.5, 0.6) is 0 Å². The van der Waals surface area contributed by atoms with E-state index in [1.54, 1.807) is 7.11 Å². The molecule has 2 saturated heterocycles. The van der Waals surface area contributed by atoms with Crippen LogP contribution in [0.15, 0.2) is 34.8 Å². The van der Waals surface area contributed by atoms with Crippen molar-refractivity contribution < 1.29 is 14.6 Å². The first-order valence-electron chi connectivity index (χ1n) is 8.19. The highest BCUT2D eigenvalue weighted by Gasteiger charge is 2.81. The van der Waals surface area contributed by atoms with E-state index < -0.39 is 6.10 Å². The van der Waals surface area contributed by atoms with E-state index in [9.17, 15) is 5.11 Å². The van der Waals surface area contributed by atoms with Gasteiger partial charge in [-0.1, -0.05) is 17.7 Å². The summed E-state index contributed by atoms with van der Waals surface area (Å²) in [6, 6.07) is 0.594. The number of aliphatic hydroxyl groups is 1. The molecule has 3 fully saturated rings. The maximum absolute atomic E-state index is 10.6. The van der Waals surface area contributed by atoms with E-state index in [0.717, 1.165) is 24.4 Å². The third kappa shape index (κ3) is 1.11. The van der Waals surface area contributed by atoms with Gasteiger partial charge in [0.25, 0.3) is 0 Å². The fourth-order valence-electron chi connectivity index (χ4n) is 6.22. The van der Waals surface area contributed by atoms with Crippen molar-refractivity contribution in [1.82, 2.24) is 4.90 Å². The van der Waals surface area contributed by atoms with Gasteiger partial charge in [0.05, 0.1) is 7.11 Å². The zero-order valence-corrected chi connectivity index (χ0v) is 13.6. The predicted octanol–water partition coefficient (Wildman–Crippen LogP) is 1.97. The van der Waals surface area contributed by atoms with Crippen molar-refractivity contribution in [2.45, 2.75) is 50.5 Å². The maximum atomic E-state index is 10.6. The molecular formula is C18H23NO3. The first-order chi connectivity index (χ1) is 10.5. The lowest BCUT2D eigenvalue weighted by molar-refractivity contribution is -0.0405. The number of likely N-dealkylation sites (tertiary alicyclic amines) is 1. The SMILES string of the molecule is COC(C)=C1OC2C(O)C=CC3C4N(C)C45CC(C)=C1C32C5. The molecular weight excluding hydrogens is 278 g/mol.